The Morgan fingerprint density at radius 2 is 1.56 bits per heavy atom. The zero-order chi connectivity index (χ0) is 14.5. The molecule has 2 amide bonds. The van der Waals surface area contributed by atoms with E-state index in [1.807, 2.05) is 0 Å². The second-order valence-corrected chi connectivity index (χ2v) is 6.75. The predicted octanol–water partition coefficient (Wildman–Crippen LogP) is 1.93. The van der Waals surface area contributed by atoms with Crippen molar-refractivity contribution in [3.8, 4) is 0 Å². The highest BCUT2D eigenvalue weighted by atomic mass is 16.4. The number of rotatable bonds is 3. The van der Waals surface area contributed by atoms with Crippen LogP contribution in [0.2, 0.25) is 0 Å². The van der Waals surface area contributed by atoms with Crippen LogP contribution >= 0.6 is 0 Å². The number of hydrogen-bond donors (Lipinski definition) is 2. The van der Waals surface area contributed by atoms with Crippen LogP contribution in [0.4, 0.5) is 4.79 Å². The molecule has 0 aliphatic heterocycles. The lowest BCUT2D eigenvalue weighted by Gasteiger charge is -2.31. The van der Waals surface area contributed by atoms with Crippen molar-refractivity contribution in [2.24, 2.45) is 10.8 Å². The molecule has 0 aromatic heterocycles. The van der Waals surface area contributed by atoms with Crippen molar-refractivity contribution in [2.75, 3.05) is 7.05 Å². The first-order valence-corrected chi connectivity index (χ1v) is 6.14. The average Bonchev–Trinajstić information content (AvgIpc) is 2.59. The molecule has 0 atom stereocenters. The quantitative estimate of drug-likeness (QED) is 0.810. The van der Waals surface area contributed by atoms with E-state index >= 15 is 0 Å². The number of hydrogen-bond acceptors (Lipinski definition) is 2. The second kappa shape index (κ2) is 3.87. The molecular weight excluding hydrogens is 232 g/mol. The summed E-state index contributed by atoms with van der Waals surface area (Å²) in [7, 11) is 1.51. The number of amides is 2. The molecule has 1 saturated carbocycles. The summed E-state index contributed by atoms with van der Waals surface area (Å²) in [6.07, 6.45) is 0. The molecule has 1 aliphatic carbocycles. The van der Waals surface area contributed by atoms with E-state index in [-0.39, 0.29) is 22.9 Å². The van der Waals surface area contributed by atoms with Crippen LogP contribution in [-0.2, 0) is 4.79 Å². The molecule has 0 unspecified atom stereocenters. The molecule has 1 fully saturated rings. The fourth-order valence-corrected chi connectivity index (χ4v) is 2.17. The Kier molecular flexibility index (Phi) is 3.18. The number of urea groups is 1. The van der Waals surface area contributed by atoms with Crippen LogP contribution in [0.3, 0.4) is 0 Å². The van der Waals surface area contributed by atoms with Gasteiger partial charge in [-0.05, 0) is 24.7 Å². The number of carbonyl (C=O) groups is 2. The molecule has 0 spiro atoms. The topological polar surface area (TPSA) is 69.6 Å². The molecule has 1 aliphatic rings. The minimum absolute atomic E-state index is 0.0386. The lowest BCUT2D eigenvalue weighted by molar-refractivity contribution is -0.146. The van der Waals surface area contributed by atoms with Gasteiger partial charge in [-0.25, -0.2) is 9.59 Å². The van der Waals surface area contributed by atoms with E-state index in [9.17, 15) is 9.59 Å². The van der Waals surface area contributed by atoms with Crippen LogP contribution in [0.1, 0.15) is 41.5 Å². The van der Waals surface area contributed by atoms with E-state index in [1.165, 1.54) is 25.8 Å². The van der Waals surface area contributed by atoms with Gasteiger partial charge in [0.2, 0.25) is 0 Å². The SMILES string of the molecule is CN(C(=O)NC1C(C)(C)C1(C)C)C(C)(C)C(=O)O. The van der Waals surface area contributed by atoms with E-state index in [0.717, 1.165) is 0 Å². The highest BCUT2D eigenvalue weighted by Crippen LogP contribution is 2.62. The first-order valence-electron chi connectivity index (χ1n) is 6.14. The number of nitrogens with one attached hydrogen (secondary N) is 1. The Morgan fingerprint density at radius 3 is 1.83 bits per heavy atom. The van der Waals surface area contributed by atoms with Gasteiger partial charge in [0.05, 0.1) is 0 Å². The summed E-state index contributed by atoms with van der Waals surface area (Å²) in [5.74, 6) is -1.02. The van der Waals surface area contributed by atoms with Gasteiger partial charge >= 0.3 is 12.0 Å². The van der Waals surface area contributed by atoms with Crippen molar-refractivity contribution in [3.05, 3.63) is 0 Å². The summed E-state index contributed by atoms with van der Waals surface area (Å²) in [6.45, 7) is 11.4. The molecule has 5 nitrogen and oxygen atoms in total. The summed E-state index contributed by atoms with van der Waals surface area (Å²) >= 11 is 0. The normalized spacial score (nSPS) is 21.3. The van der Waals surface area contributed by atoms with Gasteiger partial charge in [-0.15, -0.1) is 0 Å². The van der Waals surface area contributed by atoms with Crippen LogP contribution in [0.25, 0.3) is 0 Å². The van der Waals surface area contributed by atoms with Crippen molar-refractivity contribution < 1.29 is 14.7 Å². The van der Waals surface area contributed by atoms with E-state index in [2.05, 4.69) is 33.0 Å². The summed E-state index contributed by atoms with van der Waals surface area (Å²) in [6, 6.07) is -0.268. The molecule has 0 aromatic carbocycles. The van der Waals surface area contributed by atoms with Gasteiger partial charge < -0.3 is 15.3 Å². The number of carboxylic acid groups (broad SMARTS) is 1. The number of nitrogens with zero attached hydrogens (tertiary/aromatic N) is 1. The van der Waals surface area contributed by atoms with Crippen LogP contribution < -0.4 is 5.32 Å². The highest BCUT2D eigenvalue weighted by Gasteiger charge is 2.65. The zero-order valence-electron chi connectivity index (χ0n) is 12.3. The largest absolute Gasteiger partial charge is 0.480 e. The minimum atomic E-state index is -1.22. The maximum absolute atomic E-state index is 12.1. The fraction of sp³-hybridized carbons (Fsp3) is 0.846. The molecule has 1 rings (SSSR count). The number of likely N-dealkylation sites (N-methyl/N-ethyl adjacent to an activating group) is 1. The van der Waals surface area contributed by atoms with Crippen LogP contribution in [-0.4, -0.2) is 40.6 Å². The number of carbonyl (C=O) groups excluding carboxylic acids is 1. The average molecular weight is 256 g/mol. The molecule has 0 saturated heterocycles. The summed E-state index contributed by atoms with van der Waals surface area (Å²) in [4.78, 5) is 24.4. The Morgan fingerprint density at radius 1 is 1.17 bits per heavy atom. The third-order valence-corrected chi connectivity index (χ3v) is 4.96. The van der Waals surface area contributed by atoms with Gasteiger partial charge in [0.25, 0.3) is 0 Å². The van der Waals surface area contributed by atoms with Crippen molar-refractivity contribution in [3.63, 3.8) is 0 Å². The van der Waals surface area contributed by atoms with E-state index in [0.29, 0.717) is 0 Å². The predicted molar refractivity (Wildman–Crippen MR) is 69.4 cm³/mol. The van der Waals surface area contributed by atoms with Crippen molar-refractivity contribution in [1.29, 1.82) is 0 Å². The Bertz CT molecular complexity index is 372. The van der Waals surface area contributed by atoms with E-state index in [1.54, 1.807) is 0 Å². The van der Waals surface area contributed by atoms with Gasteiger partial charge in [0.15, 0.2) is 0 Å². The van der Waals surface area contributed by atoms with Crippen molar-refractivity contribution in [1.82, 2.24) is 10.2 Å². The standard InChI is InChI=1S/C13H24N2O3/c1-11(2)8(12(11,3)4)14-10(18)15(7)13(5,6)9(16)17/h8H,1-7H3,(H,14,18)(H,16,17). The molecule has 2 N–H and O–H groups in total. The van der Waals surface area contributed by atoms with Gasteiger partial charge in [0, 0.05) is 13.1 Å². The first-order chi connectivity index (χ1) is 7.86. The van der Waals surface area contributed by atoms with Crippen molar-refractivity contribution >= 4 is 12.0 Å². The second-order valence-electron chi connectivity index (χ2n) is 6.75. The van der Waals surface area contributed by atoms with Gasteiger partial charge in [-0.2, -0.15) is 0 Å². The van der Waals surface area contributed by atoms with Gasteiger partial charge in [-0.3, -0.25) is 0 Å². The summed E-state index contributed by atoms with van der Waals surface area (Å²) in [5.41, 5.74) is -1.14. The molecule has 18 heavy (non-hydrogen) atoms. The highest BCUT2D eigenvalue weighted by molar-refractivity contribution is 5.85. The van der Waals surface area contributed by atoms with E-state index in [4.69, 9.17) is 5.11 Å². The Labute approximate surface area is 109 Å². The summed E-state index contributed by atoms with van der Waals surface area (Å²) in [5, 5.41) is 12.0. The Hall–Kier alpha value is -1.26. The molecular formula is C13H24N2O3. The molecule has 0 radical (unpaired) electrons. The number of aliphatic carboxylic acids is 1. The van der Waals surface area contributed by atoms with Crippen LogP contribution in [0.15, 0.2) is 0 Å². The fourth-order valence-electron chi connectivity index (χ4n) is 2.17. The third-order valence-electron chi connectivity index (χ3n) is 4.96. The molecule has 104 valence electrons. The Balaban J connectivity index is 2.72. The number of carboxylic acids is 1. The minimum Gasteiger partial charge on any atom is -0.480 e. The lowest BCUT2D eigenvalue weighted by Crippen LogP contribution is -2.54. The van der Waals surface area contributed by atoms with Crippen LogP contribution in [0, 0.1) is 10.8 Å². The van der Waals surface area contributed by atoms with Gasteiger partial charge in [-0.1, -0.05) is 27.7 Å². The first kappa shape index (κ1) is 14.8. The van der Waals surface area contributed by atoms with Crippen LogP contribution in [0.5, 0.6) is 0 Å². The monoisotopic (exact) mass is 256 g/mol. The molecule has 0 aromatic rings. The maximum atomic E-state index is 12.1. The van der Waals surface area contributed by atoms with Crippen molar-refractivity contribution in [2.45, 2.75) is 53.1 Å². The molecule has 0 bridgehead atoms. The molecule has 0 heterocycles. The van der Waals surface area contributed by atoms with E-state index < -0.39 is 11.5 Å². The molecule has 5 heteroatoms. The lowest BCUT2D eigenvalue weighted by atomic mass is 10.0. The third kappa shape index (κ3) is 1.95. The smallest absolute Gasteiger partial charge is 0.329 e. The van der Waals surface area contributed by atoms with Gasteiger partial charge in [0.1, 0.15) is 5.54 Å². The zero-order valence-corrected chi connectivity index (χ0v) is 12.3. The summed E-state index contributed by atoms with van der Waals surface area (Å²) < 4.78 is 0. The maximum Gasteiger partial charge on any atom is 0.329 e.